The maximum atomic E-state index is 11.0. The fraction of sp³-hybridized carbons (Fsp3) is 0.471. The van der Waals surface area contributed by atoms with Crippen LogP contribution in [0.1, 0.15) is 44.0 Å². The van der Waals surface area contributed by atoms with Crippen molar-refractivity contribution in [3.63, 3.8) is 0 Å². The number of benzene rings is 1. The maximum Gasteiger partial charge on any atom is 0.216 e. The second-order valence-electron chi connectivity index (χ2n) is 5.70. The molecule has 1 amide bonds. The first-order valence-corrected chi connectivity index (χ1v) is 7.79. The number of hydrogen-bond donors (Lipinski definition) is 1. The molecule has 5 nitrogen and oxygen atoms in total. The minimum Gasteiger partial charge on any atom is -0.356 e. The number of nitrogens with one attached hydrogen (secondary N) is 1. The SMILES string of the molecule is CC(=O)NCCc1nc(CCc2ccccc2)nn1C(C)C. The van der Waals surface area contributed by atoms with Crippen molar-refractivity contribution < 1.29 is 4.79 Å². The molecule has 0 spiro atoms. The summed E-state index contributed by atoms with van der Waals surface area (Å²) in [5, 5.41) is 7.42. The number of carbonyl (C=O) groups is 1. The van der Waals surface area contributed by atoms with E-state index in [1.165, 1.54) is 12.5 Å². The van der Waals surface area contributed by atoms with Gasteiger partial charge in [0.2, 0.25) is 5.91 Å². The first-order valence-electron chi connectivity index (χ1n) is 7.79. The van der Waals surface area contributed by atoms with Crippen molar-refractivity contribution in [2.75, 3.05) is 6.54 Å². The Morgan fingerprint density at radius 3 is 2.55 bits per heavy atom. The molecule has 1 N–H and O–H groups in total. The summed E-state index contributed by atoms with van der Waals surface area (Å²) < 4.78 is 1.96. The molecule has 22 heavy (non-hydrogen) atoms. The van der Waals surface area contributed by atoms with Crippen molar-refractivity contribution in [2.45, 2.75) is 46.1 Å². The van der Waals surface area contributed by atoms with Gasteiger partial charge in [0.1, 0.15) is 5.82 Å². The van der Waals surface area contributed by atoms with Gasteiger partial charge in [-0.3, -0.25) is 4.79 Å². The Hall–Kier alpha value is -2.17. The van der Waals surface area contributed by atoms with Gasteiger partial charge in [-0.1, -0.05) is 30.3 Å². The van der Waals surface area contributed by atoms with E-state index in [1.54, 1.807) is 0 Å². The van der Waals surface area contributed by atoms with Crippen molar-refractivity contribution in [3.05, 3.63) is 47.5 Å². The van der Waals surface area contributed by atoms with E-state index in [0.29, 0.717) is 13.0 Å². The van der Waals surface area contributed by atoms with Crippen molar-refractivity contribution in [1.82, 2.24) is 20.1 Å². The third-order valence-corrected chi connectivity index (χ3v) is 3.44. The van der Waals surface area contributed by atoms with Crippen molar-refractivity contribution in [2.24, 2.45) is 0 Å². The molecule has 1 heterocycles. The van der Waals surface area contributed by atoms with Gasteiger partial charge in [0.15, 0.2) is 5.82 Å². The molecule has 0 bridgehead atoms. The van der Waals surface area contributed by atoms with E-state index >= 15 is 0 Å². The second kappa shape index (κ2) is 7.73. The fourth-order valence-electron chi connectivity index (χ4n) is 2.35. The maximum absolute atomic E-state index is 11.0. The summed E-state index contributed by atoms with van der Waals surface area (Å²) in [6, 6.07) is 10.6. The quantitative estimate of drug-likeness (QED) is 0.853. The van der Waals surface area contributed by atoms with Crippen LogP contribution in [0.2, 0.25) is 0 Å². The molecule has 0 fully saturated rings. The van der Waals surface area contributed by atoms with Crippen molar-refractivity contribution in [3.8, 4) is 0 Å². The number of nitrogens with zero attached hydrogens (tertiary/aromatic N) is 3. The first-order chi connectivity index (χ1) is 10.6. The van der Waals surface area contributed by atoms with Crippen LogP contribution < -0.4 is 5.32 Å². The lowest BCUT2D eigenvalue weighted by Crippen LogP contribution is -2.24. The molecule has 0 saturated heterocycles. The van der Waals surface area contributed by atoms with Crippen LogP contribution in [0.25, 0.3) is 0 Å². The number of aromatic nitrogens is 3. The summed E-state index contributed by atoms with van der Waals surface area (Å²) in [5.41, 5.74) is 1.29. The Bertz CT molecular complexity index is 604. The second-order valence-corrected chi connectivity index (χ2v) is 5.70. The third-order valence-electron chi connectivity index (χ3n) is 3.44. The molecule has 0 aliphatic heterocycles. The molecule has 1 aromatic carbocycles. The lowest BCUT2D eigenvalue weighted by molar-refractivity contribution is -0.118. The van der Waals surface area contributed by atoms with E-state index in [9.17, 15) is 4.79 Å². The van der Waals surface area contributed by atoms with Gasteiger partial charge in [-0.15, -0.1) is 0 Å². The highest BCUT2D eigenvalue weighted by Crippen LogP contribution is 2.10. The van der Waals surface area contributed by atoms with Crippen LogP contribution in [0.15, 0.2) is 30.3 Å². The third kappa shape index (κ3) is 4.69. The molecule has 5 heteroatoms. The molecular formula is C17H24N4O. The molecule has 118 valence electrons. The number of carbonyl (C=O) groups excluding carboxylic acids is 1. The predicted molar refractivity (Wildman–Crippen MR) is 86.6 cm³/mol. The van der Waals surface area contributed by atoms with Gasteiger partial charge in [-0.2, -0.15) is 5.10 Å². The lowest BCUT2D eigenvalue weighted by Gasteiger charge is -2.09. The summed E-state index contributed by atoms with van der Waals surface area (Å²) in [7, 11) is 0. The van der Waals surface area contributed by atoms with E-state index in [-0.39, 0.29) is 11.9 Å². The zero-order valence-corrected chi connectivity index (χ0v) is 13.5. The van der Waals surface area contributed by atoms with Crippen LogP contribution in [-0.2, 0) is 24.1 Å². The molecule has 0 unspecified atom stereocenters. The highest BCUT2D eigenvalue weighted by atomic mass is 16.1. The topological polar surface area (TPSA) is 59.8 Å². The standard InChI is InChI=1S/C17H24N4O/c1-13(2)21-17(11-12-18-14(3)22)19-16(20-21)10-9-15-7-5-4-6-8-15/h4-8,13H,9-12H2,1-3H3,(H,18,22). The van der Waals surface area contributed by atoms with Crippen LogP contribution in [0.4, 0.5) is 0 Å². The van der Waals surface area contributed by atoms with Crippen LogP contribution in [0, 0.1) is 0 Å². The summed E-state index contributed by atoms with van der Waals surface area (Å²) in [6.45, 7) is 6.31. The number of rotatable bonds is 7. The smallest absolute Gasteiger partial charge is 0.216 e. The normalized spacial score (nSPS) is 10.9. The molecule has 1 aromatic heterocycles. The predicted octanol–water partition coefficient (Wildman–Crippen LogP) is 2.32. The Kier molecular flexibility index (Phi) is 5.69. The van der Waals surface area contributed by atoms with E-state index in [1.807, 2.05) is 22.9 Å². The highest BCUT2D eigenvalue weighted by molar-refractivity contribution is 5.72. The highest BCUT2D eigenvalue weighted by Gasteiger charge is 2.12. The molecule has 0 saturated carbocycles. The molecule has 0 aliphatic rings. The van der Waals surface area contributed by atoms with Crippen molar-refractivity contribution >= 4 is 5.91 Å². The lowest BCUT2D eigenvalue weighted by atomic mass is 10.1. The van der Waals surface area contributed by atoms with E-state index in [2.05, 4.69) is 41.4 Å². The molecule has 2 rings (SSSR count). The summed E-state index contributed by atoms with van der Waals surface area (Å²) in [4.78, 5) is 15.6. The van der Waals surface area contributed by atoms with E-state index in [4.69, 9.17) is 0 Å². The van der Waals surface area contributed by atoms with Crippen LogP contribution >= 0.6 is 0 Å². The van der Waals surface area contributed by atoms with Gasteiger partial charge in [-0.25, -0.2) is 9.67 Å². The first kappa shape index (κ1) is 16.2. The largest absolute Gasteiger partial charge is 0.356 e. The fourth-order valence-corrected chi connectivity index (χ4v) is 2.35. The average Bonchev–Trinajstić information content (AvgIpc) is 2.89. The minimum atomic E-state index is -0.0140. The number of aryl methyl sites for hydroxylation is 2. The summed E-state index contributed by atoms with van der Waals surface area (Å²) >= 11 is 0. The van der Waals surface area contributed by atoms with Crippen LogP contribution in [0.3, 0.4) is 0 Å². The van der Waals surface area contributed by atoms with Crippen LogP contribution in [-0.4, -0.2) is 27.2 Å². The van der Waals surface area contributed by atoms with E-state index in [0.717, 1.165) is 24.5 Å². The molecule has 2 aromatic rings. The Balaban J connectivity index is 2.01. The van der Waals surface area contributed by atoms with Crippen molar-refractivity contribution in [1.29, 1.82) is 0 Å². The Labute approximate surface area is 131 Å². The molecule has 0 aliphatic carbocycles. The molecular weight excluding hydrogens is 276 g/mol. The molecule has 0 radical (unpaired) electrons. The number of hydrogen-bond acceptors (Lipinski definition) is 3. The average molecular weight is 300 g/mol. The van der Waals surface area contributed by atoms with Gasteiger partial charge in [0.05, 0.1) is 0 Å². The van der Waals surface area contributed by atoms with Gasteiger partial charge >= 0.3 is 0 Å². The summed E-state index contributed by atoms with van der Waals surface area (Å²) in [5.74, 6) is 1.79. The zero-order chi connectivity index (χ0) is 15.9. The van der Waals surface area contributed by atoms with Gasteiger partial charge in [-0.05, 0) is 25.8 Å². The van der Waals surface area contributed by atoms with Gasteiger partial charge in [0, 0.05) is 32.4 Å². The van der Waals surface area contributed by atoms with E-state index < -0.39 is 0 Å². The van der Waals surface area contributed by atoms with Gasteiger partial charge in [0.25, 0.3) is 0 Å². The zero-order valence-electron chi connectivity index (χ0n) is 13.5. The number of amides is 1. The van der Waals surface area contributed by atoms with Crippen LogP contribution in [0.5, 0.6) is 0 Å². The minimum absolute atomic E-state index is 0.0140. The monoisotopic (exact) mass is 300 g/mol. The van der Waals surface area contributed by atoms with Gasteiger partial charge < -0.3 is 5.32 Å². The molecule has 0 atom stereocenters. The Morgan fingerprint density at radius 2 is 1.91 bits per heavy atom. The Morgan fingerprint density at radius 1 is 1.18 bits per heavy atom. The summed E-state index contributed by atoms with van der Waals surface area (Å²) in [6.07, 6.45) is 2.47.